The van der Waals surface area contributed by atoms with E-state index in [-0.39, 0.29) is 12.0 Å². The number of ether oxygens (including phenoxy) is 2. The van der Waals surface area contributed by atoms with Crippen molar-refractivity contribution in [3.63, 3.8) is 0 Å². The lowest BCUT2D eigenvalue weighted by molar-refractivity contribution is 0.0517. The van der Waals surface area contributed by atoms with Gasteiger partial charge in [0.15, 0.2) is 23.3 Å². The number of carbonyl (C=O) groups excluding carboxylic acids is 1. The molecule has 1 aromatic heterocycles. The molecule has 0 spiro atoms. The number of amides is 1. The molecule has 27 heavy (non-hydrogen) atoms. The van der Waals surface area contributed by atoms with Crippen molar-refractivity contribution < 1.29 is 14.3 Å². The molecule has 1 amide bonds. The Morgan fingerprint density at radius 3 is 2.81 bits per heavy atom. The molecule has 2 aromatic rings. The Bertz CT molecular complexity index is 815. The summed E-state index contributed by atoms with van der Waals surface area (Å²) < 4.78 is 13.6. The SMILES string of the molecule is Cc1c(C(=O)N(C)C[C@@H]2COc3ccccc3O2)nnn1C1CCNCC1. The first-order chi connectivity index (χ1) is 13.1. The fourth-order valence-electron chi connectivity index (χ4n) is 3.66. The number of aromatic nitrogens is 3. The van der Waals surface area contributed by atoms with Gasteiger partial charge in [-0.15, -0.1) is 5.10 Å². The number of nitrogens with zero attached hydrogens (tertiary/aromatic N) is 4. The lowest BCUT2D eigenvalue weighted by Gasteiger charge is -2.29. The Labute approximate surface area is 158 Å². The summed E-state index contributed by atoms with van der Waals surface area (Å²) in [4.78, 5) is 14.5. The summed E-state index contributed by atoms with van der Waals surface area (Å²) in [5.41, 5.74) is 1.23. The van der Waals surface area contributed by atoms with E-state index in [1.807, 2.05) is 35.9 Å². The number of piperidine rings is 1. The average Bonchev–Trinajstić information content (AvgIpc) is 3.09. The maximum absolute atomic E-state index is 12.9. The van der Waals surface area contributed by atoms with Crippen molar-refractivity contribution in [1.82, 2.24) is 25.2 Å². The molecule has 4 rings (SSSR count). The zero-order chi connectivity index (χ0) is 18.8. The number of para-hydroxylation sites is 2. The van der Waals surface area contributed by atoms with Crippen LogP contribution in [0.5, 0.6) is 11.5 Å². The molecule has 0 aliphatic carbocycles. The van der Waals surface area contributed by atoms with Crippen LogP contribution < -0.4 is 14.8 Å². The summed E-state index contributed by atoms with van der Waals surface area (Å²) in [6.07, 6.45) is 1.79. The van der Waals surface area contributed by atoms with Gasteiger partial charge >= 0.3 is 0 Å². The number of benzene rings is 1. The topological polar surface area (TPSA) is 81.5 Å². The van der Waals surface area contributed by atoms with E-state index in [2.05, 4.69) is 15.6 Å². The van der Waals surface area contributed by atoms with Crippen molar-refractivity contribution in [3.05, 3.63) is 35.7 Å². The highest BCUT2D eigenvalue weighted by Gasteiger charge is 2.28. The number of rotatable bonds is 4. The summed E-state index contributed by atoms with van der Waals surface area (Å²) in [5.74, 6) is 1.31. The zero-order valence-corrected chi connectivity index (χ0v) is 15.7. The summed E-state index contributed by atoms with van der Waals surface area (Å²) >= 11 is 0. The van der Waals surface area contributed by atoms with Gasteiger partial charge in [-0.25, -0.2) is 4.68 Å². The van der Waals surface area contributed by atoms with E-state index in [4.69, 9.17) is 9.47 Å². The van der Waals surface area contributed by atoms with E-state index >= 15 is 0 Å². The largest absolute Gasteiger partial charge is 0.486 e. The van der Waals surface area contributed by atoms with E-state index < -0.39 is 0 Å². The normalized spacial score (nSPS) is 19.7. The second-order valence-electron chi connectivity index (χ2n) is 7.13. The van der Waals surface area contributed by atoms with Gasteiger partial charge in [0.25, 0.3) is 5.91 Å². The minimum Gasteiger partial charge on any atom is -0.486 e. The van der Waals surface area contributed by atoms with Gasteiger partial charge < -0.3 is 19.7 Å². The lowest BCUT2D eigenvalue weighted by atomic mass is 10.1. The molecule has 3 heterocycles. The van der Waals surface area contributed by atoms with Crippen LogP contribution in [0.15, 0.2) is 24.3 Å². The van der Waals surface area contributed by atoms with Crippen molar-refractivity contribution in [2.24, 2.45) is 0 Å². The Morgan fingerprint density at radius 2 is 2.04 bits per heavy atom. The van der Waals surface area contributed by atoms with Gasteiger partial charge in [-0.2, -0.15) is 0 Å². The molecule has 8 nitrogen and oxygen atoms in total. The lowest BCUT2D eigenvalue weighted by Crippen LogP contribution is -2.42. The quantitative estimate of drug-likeness (QED) is 0.876. The molecule has 2 aliphatic heterocycles. The standard InChI is InChI=1S/C19H25N5O3/c1-13-18(21-22-24(13)14-7-9-20-10-8-14)19(25)23(2)11-15-12-26-16-5-3-4-6-17(16)27-15/h3-6,14-15,20H,7-12H2,1-2H3/t15-/m1/s1. The number of hydrogen-bond donors (Lipinski definition) is 1. The number of carbonyl (C=O) groups is 1. The fourth-order valence-corrected chi connectivity index (χ4v) is 3.66. The third-order valence-electron chi connectivity index (χ3n) is 5.18. The van der Waals surface area contributed by atoms with Gasteiger partial charge in [-0.05, 0) is 45.0 Å². The Balaban J connectivity index is 1.42. The first-order valence-electron chi connectivity index (χ1n) is 9.40. The smallest absolute Gasteiger partial charge is 0.276 e. The molecule has 0 unspecified atom stereocenters. The van der Waals surface area contributed by atoms with Gasteiger partial charge in [0.05, 0.1) is 18.3 Å². The number of nitrogens with one attached hydrogen (secondary N) is 1. The van der Waals surface area contributed by atoms with Gasteiger partial charge in [-0.1, -0.05) is 17.3 Å². The van der Waals surface area contributed by atoms with Crippen LogP contribution in [0.1, 0.15) is 35.1 Å². The van der Waals surface area contributed by atoms with Crippen molar-refractivity contribution in [3.8, 4) is 11.5 Å². The maximum Gasteiger partial charge on any atom is 0.276 e. The molecule has 0 bridgehead atoms. The first kappa shape index (κ1) is 17.8. The Hall–Kier alpha value is -2.61. The third kappa shape index (κ3) is 3.62. The van der Waals surface area contributed by atoms with Crippen LogP contribution in [0.2, 0.25) is 0 Å². The van der Waals surface area contributed by atoms with Gasteiger partial charge in [-0.3, -0.25) is 4.79 Å². The molecular weight excluding hydrogens is 346 g/mol. The van der Waals surface area contributed by atoms with E-state index in [0.29, 0.717) is 30.6 Å². The minimum atomic E-state index is -0.214. The van der Waals surface area contributed by atoms with Gasteiger partial charge in [0.1, 0.15) is 6.61 Å². The molecule has 0 radical (unpaired) electrons. The van der Waals surface area contributed by atoms with Crippen molar-refractivity contribution in [1.29, 1.82) is 0 Å². The van der Waals surface area contributed by atoms with Crippen molar-refractivity contribution >= 4 is 5.91 Å². The van der Waals surface area contributed by atoms with Crippen LogP contribution >= 0.6 is 0 Å². The molecule has 1 N–H and O–H groups in total. The summed E-state index contributed by atoms with van der Waals surface area (Å²) in [6.45, 7) is 4.68. The van der Waals surface area contributed by atoms with E-state index in [1.165, 1.54) is 0 Å². The van der Waals surface area contributed by atoms with Crippen LogP contribution in [0.4, 0.5) is 0 Å². The maximum atomic E-state index is 12.9. The summed E-state index contributed by atoms with van der Waals surface area (Å²) in [7, 11) is 1.76. The van der Waals surface area contributed by atoms with Crippen LogP contribution in [-0.2, 0) is 0 Å². The Kier molecular flexibility index (Phi) is 4.98. The molecule has 8 heteroatoms. The van der Waals surface area contributed by atoms with Gasteiger partial charge in [0.2, 0.25) is 0 Å². The van der Waals surface area contributed by atoms with Crippen LogP contribution in [0.25, 0.3) is 0 Å². The minimum absolute atomic E-state index is 0.143. The molecule has 2 aliphatic rings. The molecule has 0 saturated carbocycles. The molecule has 1 atom stereocenters. The first-order valence-corrected chi connectivity index (χ1v) is 9.40. The van der Waals surface area contributed by atoms with E-state index in [0.717, 1.165) is 37.4 Å². The number of fused-ring (bicyclic) bond motifs is 1. The zero-order valence-electron chi connectivity index (χ0n) is 15.7. The Morgan fingerprint density at radius 1 is 1.30 bits per heavy atom. The van der Waals surface area contributed by atoms with Crippen molar-refractivity contribution in [2.75, 3.05) is 33.3 Å². The third-order valence-corrected chi connectivity index (χ3v) is 5.18. The van der Waals surface area contributed by atoms with Crippen LogP contribution in [0.3, 0.4) is 0 Å². The number of likely N-dealkylation sites (N-methyl/N-ethyl adjacent to an activating group) is 1. The predicted molar refractivity (Wildman–Crippen MR) is 99.2 cm³/mol. The molecule has 1 fully saturated rings. The van der Waals surface area contributed by atoms with Crippen LogP contribution in [0, 0.1) is 6.92 Å². The highest BCUT2D eigenvalue weighted by Crippen LogP contribution is 2.31. The second-order valence-corrected chi connectivity index (χ2v) is 7.13. The van der Waals surface area contributed by atoms with E-state index in [1.54, 1.807) is 11.9 Å². The average molecular weight is 371 g/mol. The summed E-state index contributed by atoms with van der Waals surface area (Å²) in [5, 5.41) is 11.8. The van der Waals surface area contributed by atoms with Crippen LogP contribution in [-0.4, -0.2) is 65.2 Å². The summed E-state index contributed by atoms with van der Waals surface area (Å²) in [6, 6.07) is 7.87. The highest BCUT2D eigenvalue weighted by molar-refractivity contribution is 5.93. The molecule has 1 saturated heterocycles. The van der Waals surface area contributed by atoms with Crippen molar-refractivity contribution in [2.45, 2.75) is 31.9 Å². The molecule has 144 valence electrons. The fraction of sp³-hybridized carbons (Fsp3) is 0.526. The molecule has 1 aromatic carbocycles. The monoisotopic (exact) mass is 371 g/mol. The number of hydrogen-bond acceptors (Lipinski definition) is 6. The highest BCUT2D eigenvalue weighted by atomic mass is 16.6. The second kappa shape index (κ2) is 7.56. The predicted octanol–water partition coefficient (Wildman–Crippen LogP) is 1.42. The van der Waals surface area contributed by atoms with Gasteiger partial charge in [0, 0.05) is 7.05 Å². The molecular formula is C19H25N5O3. The van der Waals surface area contributed by atoms with E-state index in [9.17, 15) is 4.79 Å².